The minimum Gasteiger partial charge on any atom is -0.481 e. The predicted octanol–water partition coefficient (Wildman–Crippen LogP) is 2.74. The largest absolute Gasteiger partial charge is 0.481 e. The second-order valence-corrected chi connectivity index (χ2v) is 6.97. The summed E-state index contributed by atoms with van der Waals surface area (Å²) >= 11 is 0. The number of carboxylic acids is 1. The van der Waals surface area contributed by atoms with Crippen LogP contribution in [0.25, 0.3) is 0 Å². The van der Waals surface area contributed by atoms with Gasteiger partial charge < -0.3 is 10.2 Å². The zero-order valence-electron chi connectivity index (χ0n) is 12.3. The number of amides is 1. The molecule has 20 heavy (non-hydrogen) atoms. The number of hydrogen-bond acceptors (Lipinski definition) is 2. The van der Waals surface area contributed by atoms with Crippen LogP contribution in [0.1, 0.15) is 34.1 Å². The summed E-state index contributed by atoms with van der Waals surface area (Å²) in [6, 6.07) is -0.218. The van der Waals surface area contributed by atoms with Crippen molar-refractivity contribution in [2.24, 2.45) is 10.8 Å². The first kappa shape index (κ1) is 14.6. The van der Waals surface area contributed by atoms with E-state index in [1.54, 1.807) is 13.0 Å². The molecule has 2 atom stereocenters. The van der Waals surface area contributed by atoms with Crippen LogP contribution < -0.4 is 0 Å². The molecular formula is C15H21NO4. The maximum Gasteiger partial charge on any atom is 0.408 e. The Bertz CT molecular complexity index is 526. The zero-order valence-corrected chi connectivity index (χ0v) is 12.3. The Hall–Kier alpha value is -1.78. The van der Waals surface area contributed by atoms with E-state index in [0.717, 1.165) is 11.1 Å². The molecule has 1 heterocycles. The third-order valence-corrected chi connectivity index (χ3v) is 4.14. The molecule has 0 spiro atoms. The molecule has 1 amide bonds. The Balaban J connectivity index is 2.40. The second kappa shape index (κ2) is 4.36. The highest BCUT2D eigenvalue weighted by Gasteiger charge is 2.46. The fourth-order valence-electron chi connectivity index (χ4n) is 3.15. The Labute approximate surface area is 118 Å². The van der Waals surface area contributed by atoms with Crippen molar-refractivity contribution in [2.75, 3.05) is 6.54 Å². The number of hydrogen-bond donors (Lipinski definition) is 2. The summed E-state index contributed by atoms with van der Waals surface area (Å²) in [5.74, 6) is -0.874. The van der Waals surface area contributed by atoms with E-state index in [-0.39, 0.29) is 11.5 Å². The maximum atomic E-state index is 11.5. The van der Waals surface area contributed by atoms with Crippen LogP contribution in [0.4, 0.5) is 4.79 Å². The van der Waals surface area contributed by atoms with Crippen molar-refractivity contribution in [1.29, 1.82) is 0 Å². The quantitative estimate of drug-likeness (QED) is 0.773. The molecule has 1 aliphatic heterocycles. The van der Waals surface area contributed by atoms with Crippen molar-refractivity contribution in [3.05, 3.63) is 23.3 Å². The van der Waals surface area contributed by atoms with Gasteiger partial charge in [-0.2, -0.15) is 0 Å². The highest BCUT2D eigenvalue weighted by molar-refractivity contribution is 5.79. The van der Waals surface area contributed by atoms with Gasteiger partial charge in [0.15, 0.2) is 0 Å². The number of carboxylic acid groups (broad SMARTS) is 2. The molecule has 1 aliphatic carbocycles. The molecule has 0 aromatic carbocycles. The van der Waals surface area contributed by atoms with E-state index in [1.807, 2.05) is 26.8 Å². The van der Waals surface area contributed by atoms with Crippen LogP contribution in [0.3, 0.4) is 0 Å². The van der Waals surface area contributed by atoms with Crippen LogP contribution in [0, 0.1) is 10.8 Å². The molecule has 0 radical (unpaired) electrons. The van der Waals surface area contributed by atoms with E-state index in [2.05, 4.69) is 0 Å². The van der Waals surface area contributed by atoms with Gasteiger partial charge >= 0.3 is 12.1 Å². The lowest BCUT2D eigenvalue weighted by Gasteiger charge is -2.35. The minimum absolute atomic E-state index is 0.218. The summed E-state index contributed by atoms with van der Waals surface area (Å²) in [5.41, 5.74) is 0.741. The molecule has 2 rings (SSSR count). The molecule has 0 saturated heterocycles. The van der Waals surface area contributed by atoms with Gasteiger partial charge in [-0.3, -0.25) is 9.69 Å². The van der Waals surface area contributed by atoms with Crippen molar-refractivity contribution in [3.63, 3.8) is 0 Å². The van der Waals surface area contributed by atoms with Crippen molar-refractivity contribution >= 4 is 12.1 Å². The van der Waals surface area contributed by atoms with E-state index < -0.39 is 17.5 Å². The SMILES string of the molecule is CC1(C(=O)O)C=CC2=C(CN(C(=O)O)C2C(C)(C)C)C1. The monoisotopic (exact) mass is 279 g/mol. The first-order valence-corrected chi connectivity index (χ1v) is 6.70. The lowest BCUT2D eigenvalue weighted by molar-refractivity contribution is -0.145. The molecule has 5 nitrogen and oxygen atoms in total. The Morgan fingerprint density at radius 3 is 2.40 bits per heavy atom. The number of carbonyl (C=O) groups is 2. The van der Waals surface area contributed by atoms with Gasteiger partial charge in [-0.05, 0) is 29.9 Å². The highest BCUT2D eigenvalue weighted by atomic mass is 16.4. The van der Waals surface area contributed by atoms with Gasteiger partial charge in [0.1, 0.15) is 0 Å². The molecule has 0 fully saturated rings. The summed E-state index contributed by atoms with van der Waals surface area (Å²) < 4.78 is 0. The minimum atomic E-state index is -0.954. The molecule has 110 valence electrons. The van der Waals surface area contributed by atoms with Gasteiger partial charge in [0.2, 0.25) is 0 Å². The number of rotatable bonds is 1. The average molecular weight is 279 g/mol. The first-order valence-electron chi connectivity index (χ1n) is 6.70. The Morgan fingerprint density at radius 2 is 1.95 bits per heavy atom. The Morgan fingerprint density at radius 1 is 1.35 bits per heavy atom. The molecule has 2 N–H and O–H groups in total. The average Bonchev–Trinajstić information content (AvgIpc) is 2.66. The molecule has 5 heteroatoms. The standard InChI is InChI=1S/C15H21NO4/c1-14(2,3)11-10-5-6-15(4,12(17)18)7-9(10)8-16(11)13(19)20/h5-6,11H,7-8H2,1-4H3,(H,17,18)(H,19,20). The third-order valence-electron chi connectivity index (χ3n) is 4.14. The molecule has 2 aliphatic rings. The van der Waals surface area contributed by atoms with Crippen molar-refractivity contribution in [1.82, 2.24) is 4.90 Å². The Kier molecular flexibility index (Phi) is 3.19. The van der Waals surface area contributed by atoms with Gasteiger partial charge in [-0.25, -0.2) is 4.79 Å². The van der Waals surface area contributed by atoms with Crippen LogP contribution in [-0.4, -0.2) is 39.8 Å². The first-order chi connectivity index (χ1) is 9.06. The van der Waals surface area contributed by atoms with Crippen molar-refractivity contribution in [3.8, 4) is 0 Å². The fourth-order valence-corrected chi connectivity index (χ4v) is 3.15. The van der Waals surface area contributed by atoms with E-state index in [4.69, 9.17) is 0 Å². The molecular weight excluding hydrogens is 258 g/mol. The predicted molar refractivity (Wildman–Crippen MR) is 74.5 cm³/mol. The molecule has 0 saturated carbocycles. The second-order valence-electron chi connectivity index (χ2n) is 6.97. The van der Waals surface area contributed by atoms with E-state index in [0.29, 0.717) is 13.0 Å². The summed E-state index contributed by atoms with van der Waals surface area (Å²) in [5, 5.41) is 18.7. The number of nitrogens with zero attached hydrogens (tertiary/aromatic N) is 1. The topological polar surface area (TPSA) is 77.8 Å². The van der Waals surface area contributed by atoms with E-state index in [1.165, 1.54) is 4.90 Å². The van der Waals surface area contributed by atoms with Crippen LogP contribution in [0.5, 0.6) is 0 Å². The lowest BCUT2D eigenvalue weighted by Crippen LogP contribution is -2.44. The summed E-state index contributed by atoms with van der Waals surface area (Å²) in [6.07, 6.45) is 2.93. The van der Waals surface area contributed by atoms with Crippen LogP contribution in [0.15, 0.2) is 23.3 Å². The van der Waals surface area contributed by atoms with Gasteiger partial charge in [0.05, 0.1) is 11.5 Å². The number of aliphatic carboxylic acids is 1. The summed E-state index contributed by atoms with van der Waals surface area (Å²) in [6.45, 7) is 7.98. The zero-order chi connectivity index (χ0) is 15.3. The molecule has 0 bridgehead atoms. The van der Waals surface area contributed by atoms with E-state index in [9.17, 15) is 19.8 Å². The van der Waals surface area contributed by atoms with Crippen LogP contribution in [-0.2, 0) is 4.79 Å². The van der Waals surface area contributed by atoms with Gasteiger partial charge in [-0.1, -0.05) is 32.9 Å². The van der Waals surface area contributed by atoms with Gasteiger partial charge in [0.25, 0.3) is 0 Å². The molecule has 0 aromatic heterocycles. The van der Waals surface area contributed by atoms with Crippen LogP contribution >= 0.6 is 0 Å². The van der Waals surface area contributed by atoms with Gasteiger partial charge in [0, 0.05) is 6.54 Å². The summed E-state index contributed by atoms with van der Waals surface area (Å²) in [4.78, 5) is 24.2. The van der Waals surface area contributed by atoms with Crippen molar-refractivity contribution in [2.45, 2.75) is 40.2 Å². The fraction of sp³-hybridized carbons (Fsp3) is 0.600. The maximum absolute atomic E-state index is 11.5. The third kappa shape index (κ3) is 2.21. The molecule has 2 unspecified atom stereocenters. The van der Waals surface area contributed by atoms with Gasteiger partial charge in [-0.15, -0.1) is 0 Å². The highest BCUT2D eigenvalue weighted by Crippen LogP contribution is 2.44. The lowest BCUT2D eigenvalue weighted by atomic mass is 9.74. The summed E-state index contributed by atoms with van der Waals surface area (Å²) in [7, 11) is 0. The smallest absolute Gasteiger partial charge is 0.408 e. The normalized spacial score (nSPS) is 29.6. The van der Waals surface area contributed by atoms with E-state index >= 15 is 0 Å². The van der Waals surface area contributed by atoms with Crippen molar-refractivity contribution < 1.29 is 19.8 Å². The molecule has 0 aromatic rings. The van der Waals surface area contributed by atoms with Crippen LogP contribution in [0.2, 0.25) is 0 Å².